The van der Waals surface area contributed by atoms with Crippen molar-refractivity contribution in [3.05, 3.63) is 65.7 Å². The van der Waals surface area contributed by atoms with E-state index >= 15 is 0 Å². The molecule has 0 atom stereocenters. The molecule has 0 aliphatic heterocycles. The summed E-state index contributed by atoms with van der Waals surface area (Å²) in [4.78, 5) is 4.51. The Hall–Kier alpha value is -3.21. The molecule has 0 radical (unpaired) electrons. The topological polar surface area (TPSA) is 67.6 Å². The Bertz CT molecular complexity index is 1030. The zero-order chi connectivity index (χ0) is 18.1. The molecule has 4 rings (SSSR count). The first-order chi connectivity index (χ1) is 12.6. The van der Waals surface area contributed by atoms with Crippen LogP contribution in [0.15, 0.2) is 59.1 Å². The van der Waals surface area contributed by atoms with Gasteiger partial charge >= 0.3 is 0 Å². The van der Waals surface area contributed by atoms with E-state index in [4.69, 9.17) is 4.52 Å². The molecule has 0 amide bonds. The molecule has 0 aliphatic carbocycles. The second kappa shape index (κ2) is 6.59. The first-order valence-corrected chi connectivity index (χ1v) is 8.67. The molecule has 0 unspecified atom stereocenters. The van der Waals surface area contributed by atoms with Crippen molar-refractivity contribution < 1.29 is 4.52 Å². The fraction of sp³-hybridized carbons (Fsp3) is 0.190. The van der Waals surface area contributed by atoms with Crippen LogP contribution >= 0.6 is 0 Å². The van der Waals surface area contributed by atoms with Crippen LogP contribution in [0.4, 0.5) is 0 Å². The van der Waals surface area contributed by atoms with E-state index in [1.54, 1.807) is 0 Å². The van der Waals surface area contributed by atoms with Gasteiger partial charge < -0.3 is 4.52 Å². The van der Waals surface area contributed by atoms with Crippen LogP contribution in [0.3, 0.4) is 0 Å². The van der Waals surface area contributed by atoms with Crippen molar-refractivity contribution in [2.45, 2.75) is 26.7 Å². The maximum Gasteiger partial charge on any atom is 0.276 e. The summed E-state index contributed by atoms with van der Waals surface area (Å²) in [6.07, 6.45) is 0. The predicted octanol–water partition coefficient (Wildman–Crippen LogP) is 5.23. The van der Waals surface area contributed by atoms with E-state index in [2.05, 4.69) is 58.5 Å². The highest BCUT2D eigenvalue weighted by molar-refractivity contribution is 5.66. The zero-order valence-electron chi connectivity index (χ0n) is 15.0. The van der Waals surface area contributed by atoms with Gasteiger partial charge in [0.05, 0.1) is 5.69 Å². The monoisotopic (exact) mass is 344 g/mol. The van der Waals surface area contributed by atoms with Crippen LogP contribution in [0.25, 0.3) is 34.2 Å². The Kier molecular flexibility index (Phi) is 4.13. The largest absolute Gasteiger partial charge is 0.332 e. The van der Waals surface area contributed by atoms with E-state index in [0.717, 1.165) is 22.4 Å². The van der Waals surface area contributed by atoms with Crippen LogP contribution in [-0.2, 0) is 0 Å². The molecule has 5 nitrogen and oxygen atoms in total. The standard InChI is InChI=1S/C21H20N4O/c1-13(2)15-8-10-16(11-9-15)18-12-19(24-23-18)21-22-20(25-26-21)17-7-5-4-6-14(17)3/h4-13H,1-3H3,(H,23,24). The molecular weight excluding hydrogens is 324 g/mol. The van der Waals surface area contributed by atoms with Crippen LogP contribution in [0.1, 0.15) is 30.9 Å². The number of aromatic amines is 1. The van der Waals surface area contributed by atoms with E-state index < -0.39 is 0 Å². The molecule has 130 valence electrons. The van der Waals surface area contributed by atoms with E-state index in [0.29, 0.717) is 23.3 Å². The molecule has 0 bridgehead atoms. The van der Waals surface area contributed by atoms with Crippen molar-refractivity contribution >= 4 is 0 Å². The minimum Gasteiger partial charge on any atom is -0.332 e. The third-order valence-corrected chi connectivity index (χ3v) is 4.49. The lowest BCUT2D eigenvalue weighted by molar-refractivity contribution is 0.431. The third kappa shape index (κ3) is 3.04. The van der Waals surface area contributed by atoms with Crippen molar-refractivity contribution in [3.8, 4) is 34.2 Å². The summed E-state index contributed by atoms with van der Waals surface area (Å²) in [6, 6.07) is 18.3. The smallest absolute Gasteiger partial charge is 0.276 e. The molecule has 0 aliphatic rings. The maximum absolute atomic E-state index is 5.43. The molecule has 2 aromatic heterocycles. The van der Waals surface area contributed by atoms with E-state index in [-0.39, 0.29) is 0 Å². The molecule has 4 aromatic rings. The second-order valence-electron chi connectivity index (χ2n) is 6.68. The summed E-state index contributed by atoms with van der Waals surface area (Å²) < 4.78 is 5.43. The molecule has 0 spiro atoms. The van der Waals surface area contributed by atoms with Gasteiger partial charge in [-0.05, 0) is 30.0 Å². The fourth-order valence-corrected chi connectivity index (χ4v) is 2.88. The van der Waals surface area contributed by atoms with Gasteiger partial charge in [-0.1, -0.05) is 67.5 Å². The van der Waals surface area contributed by atoms with Crippen LogP contribution in [-0.4, -0.2) is 20.3 Å². The number of H-pyrrole nitrogens is 1. The molecule has 1 N–H and O–H groups in total. The fourth-order valence-electron chi connectivity index (χ4n) is 2.88. The SMILES string of the molecule is Cc1ccccc1-c1noc(-c2cc(-c3ccc(C(C)C)cc3)n[nH]2)n1. The summed E-state index contributed by atoms with van der Waals surface area (Å²) in [7, 11) is 0. The molecule has 0 fully saturated rings. The second-order valence-corrected chi connectivity index (χ2v) is 6.68. The number of aryl methyl sites for hydroxylation is 1. The Morgan fingerprint density at radius 2 is 1.77 bits per heavy atom. The molecule has 5 heteroatoms. The van der Waals surface area contributed by atoms with E-state index in [1.165, 1.54) is 5.56 Å². The lowest BCUT2D eigenvalue weighted by atomic mass is 10.0. The molecule has 2 heterocycles. The molecular formula is C21H20N4O. The Labute approximate surface area is 152 Å². The van der Waals surface area contributed by atoms with E-state index in [9.17, 15) is 0 Å². The highest BCUT2D eigenvalue weighted by atomic mass is 16.5. The van der Waals surface area contributed by atoms with Gasteiger partial charge in [-0.25, -0.2) is 0 Å². The molecule has 26 heavy (non-hydrogen) atoms. The molecule has 0 saturated heterocycles. The van der Waals surface area contributed by atoms with Gasteiger partial charge in [0, 0.05) is 11.1 Å². The van der Waals surface area contributed by atoms with Gasteiger partial charge in [-0.15, -0.1) is 0 Å². The number of hydrogen-bond donors (Lipinski definition) is 1. The van der Waals surface area contributed by atoms with Crippen LogP contribution < -0.4 is 0 Å². The highest BCUT2D eigenvalue weighted by Gasteiger charge is 2.15. The number of nitrogens with one attached hydrogen (secondary N) is 1. The number of aromatic nitrogens is 4. The van der Waals surface area contributed by atoms with Gasteiger partial charge in [-0.2, -0.15) is 10.1 Å². The lowest BCUT2D eigenvalue weighted by Crippen LogP contribution is -1.86. The Balaban J connectivity index is 1.62. The van der Waals surface area contributed by atoms with Gasteiger partial charge in [0.1, 0.15) is 5.69 Å². The van der Waals surface area contributed by atoms with E-state index in [1.807, 2.05) is 37.3 Å². The number of hydrogen-bond acceptors (Lipinski definition) is 4. The summed E-state index contributed by atoms with van der Waals surface area (Å²) in [6.45, 7) is 6.40. The molecule has 2 aromatic carbocycles. The first-order valence-electron chi connectivity index (χ1n) is 8.67. The predicted molar refractivity (Wildman–Crippen MR) is 102 cm³/mol. The molecule has 0 saturated carbocycles. The highest BCUT2D eigenvalue weighted by Crippen LogP contribution is 2.27. The van der Waals surface area contributed by atoms with Crippen molar-refractivity contribution in [1.82, 2.24) is 20.3 Å². The number of rotatable bonds is 4. The summed E-state index contributed by atoms with van der Waals surface area (Å²) in [5.41, 5.74) is 5.99. The Morgan fingerprint density at radius 3 is 2.50 bits per heavy atom. The van der Waals surface area contributed by atoms with Crippen molar-refractivity contribution in [3.63, 3.8) is 0 Å². The average molecular weight is 344 g/mol. The Morgan fingerprint density at radius 1 is 1.00 bits per heavy atom. The summed E-state index contributed by atoms with van der Waals surface area (Å²) in [5, 5.41) is 11.5. The zero-order valence-corrected chi connectivity index (χ0v) is 15.0. The number of benzene rings is 2. The first kappa shape index (κ1) is 16.3. The minimum atomic E-state index is 0.431. The number of nitrogens with zero attached hydrogens (tertiary/aromatic N) is 3. The van der Waals surface area contributed by atoms with Crippen molar-refractivity contribution in [1.29, 1.82) is 0 Å². The summed E-state index contributed by atoms with van der Waals surface area (Å²) >= 11 is 0. The van der Waals surface area contributed by atoms with Crippen molar-refractivity contribution in [2.75, 3.05) is 0 Å². The third-order valence-electron chi connectivity index (χ3n) is 4.49. The van der Waals surface area contributed by atoms with Gasteiger partial charge in [0.25, 0.3) is 5.89 Å². The van der Waals surface area contributed by atoms with Crippen LogP contribution in [0.2, 0.25) is 0 Å². The minimum absolute atomic E-state index is 0.431. The normalized spacial score (nSPS) is 11.2. The van der Waals surface area contributed by atoms with Crippen molar-refractivity contribution in [2.24, 2.45) is 0 Å². The quantitative estimate of drug-likeness (QED) is 0.551. The van der Waals surface area contributed by atoms with Gasteiger partial charge in [-0.3, -0.25) is 5.10 Å². The maximum atomic E-state index is 5.43. The average Bonchev–Trinajstić information content (AvgIpc) is 3.32. The van der Waals surface area contributed by atoms with Gasteiger partial charge in [0.2, 0.25) is 5.82 Å². The van der Waals surface area contributed by atoms with Crippen LogP contribution in [0.5, 0.6) is 0 Å². The summed E-state index contributed by atoms with van der Waals surface area (Å²) in [5.74, 6) is 1.52. The van der Waals surface area contributed by atoms with Gasteiger partial charge in [0.15, 0.2) is 0 Å². The lowest BCUT2D eigenvalue weighted by Gasteiger charge is -2.05. The van der Waals surface area contributed by atoms with Crippen LogP contribution in [0, 0.1) is 6.92 Å².